The molecule has 0 saturated carbocycles. The Morgan fingerprint density at radius 1 is 1.30 bits per heavy atom. The molecule has 1 aliphatic rings. The Labute approximate surface area is 123 Å². The van der Waals surface area contributed by atoms with Crippen LogP contribution in [-0.4, -0.2) is 41.6 Å². The van der Waals surface area contributed by atoms with Gasteiger partial charge >= 0.3 is 0 Å². The van der Waals surface area contributed by atoms with Crippen molar-refractivity contribution in [3.05, 3.63) is 30.1 Å². The summed E-state index contributed by atoms with van der Waals surface area (Å²) in [7, 11) is 2.09. The van der Waals surface area contributed by atoms with Crippen LogP contribution in [-0.2, 0) is 6.42 Å². The van der Waals surface area contributed by atoms with Crippen molar-refractivity contribution >= 4 is 0 Å². The highest BCUT2D eigenvalue weighted by atomic mass is 15.2. The molecule has 1 fully saturated rings. The van der Waals surface area contributed by atoms with Gasteiger partial charge in [0, 0.05) is 29.9 Å². The molecule has 112 valence electrons. The summed E-state index contributed by atoms with van der Waals surface area (Å²) in [5.41, 5.74) is 1.40. The van der Waals surface area contributed by atoms with E-state index < -0.39 is 0 Å². The average Bonchev–Trinajstić information content (AvgIpc) is 2.53. The third kappa shape index (κ3) is 3.39. The largest absolute Gasteiger partial charge is 0.315 e. The average molecular weight is 275 g/mol. The lowest BCUT2D eigenvalue weighted by atomic mass is 9.83. The van der Waals surface area contributed by atoms with Crippen LogP contribution in [0.3, 0.4) is 0 Å². The minimum absolute atomic E-state index is 0.215. The molecule has 3 nitrogen and oxygen atoms in total. The van der Waals surface area contributed by atoms with Gasteiger partial charge in [-0.05, 0) is 58.5 Å². The fourth-order valence-corrected chi connectivity index (χ4v) is 3.46. The highest BCUT2D eigenvalue weighted by Crippen LogP contribution is 2.28. The van der Waals surface area contributed by atoms with Crippen molar-refractivity contribution in [3.8, 4) is 0 Å². The summed E-state index contributed by atoms with van der Waals surface area (Å²) >= 11 is 0. The number of aromatic nitrogens is 1. The Balaban J connectivity index is 2.13. The van der Waals surface area contributed by atoms with E-state index >= 15 is 0 Å². The van der Waals surface area contributed by atoms with E-state index in [2.05, 4.69) is 48.2 Å². The van der Waals surface area contributed by atoms with Crippen LogP contribution in [0, 0.1) is 0 Å². The molecule has 2 heterocycles. The van der Waals surface area contributed by atoms with Crippen LogP contribution in [0.5, 0.6) is 0 Å². The molecule has 0 aliphatic carbocycles. The van der Waals surface area contributed by atoms with E-state index in [1.54, 1.807) is 0 Å². The second kappa shape index (κ2) is 7.19. The van der Waals surface area contributed by atoms with Crippen LogP contribution in [0.15, 0.2) is 24.4 Å². The molecular formula is C17H29N3. The summed E-state index contributed by atoms with van der Waals surface area (Å²) in [5, 5.41) is 3.56. The van der Waals surface area contributed by atoms with Crippen molar-refractivity contribution in [1.29, 1.82) is 0 Å². The van der Waals surface area contributed by atoms with Crippen LogP contribution < -0.4 is 5.32 Å². The quantitative estimate of drug-likeness (QED) is 0.865. The standard InChI is InChI=1S/C17H29N3/c1-4-17(2,20-12-8-5-9-13-20)16(18-3)14-15-10-6-7-11-19-15/h6-7,10-11,16,18H,4-5,8-9,12-14H2,1-3H3. The summed E-state index contributed by atoms with van der Waals surface area (Å²) in [5.74, 6) is 0. The lowest BCUT2D eigenvalue weighted by Crippen LogP contribution is -2.60. The first-order valence-corrected chi connectivity index (χ1v) is 8.03. The fourth-order valence-electron chi connectivity index (χ4n) is 3.46. The molecule has 2 rings (SSSR count). The number of nitrogens with zero attached hydrogens (tertiary/aromatic N) is 2. The molecule has 0 amide bonds. The van der Waals surface area contributed by atoms with Gasteiger partial charge in [0.15, 0.2) is 0 Å². The summed E-state index contributed by atoms with van der Waals surface area (Å²) in [4.78, 5) is 7.20. The number of pyridine rings is 1. The van der Waals surface area contributed by atoms with E-state index in [0.717, 1.165) is 6.42 Å². The number of hydrogen-bond donors (Lipinski definition) is 1. The third-order valence-corrected chi connectivity index (χ3v) is 5.03. The van der Waals surface area contributed by atoms with Gasteiger partial charge in [0.1, 0.15) is 0 Å². The Morgan fingerprint density at radius 2 is 2.05 bits per heavy atom. The highest BCUT2D eigenvalue weighted by molar-refractivity contribution is 5.09. The maximum absolute atomic E-state index is 4.50. The molecule has 1 N–H and O–H groups in total. The molecule has 0 bridgehead atoms. The van der Waals surface area contributed by atoms with E-state index in [9.17, 15) is 0 Å². The number of piperidine rings is 1. The molecule has 2 unspecified atom stereocenters. The molecule has 3 heteroatoms. The Bertz CT molecular complexity index is 386. The molecule has 1 aromatic rings. The van der Waals surface area contributed by atoms with Gasteiger partial charge in [-0.3, -0.25) is 9.88 Å². The third-order valence-electron chi connectivity index (χ3n) is 5.03. The molecule has 0 aromatic carbocycles. The first kappa shape index (κ1) is 15.5. The van der Waals surface area contributed by atoms with Crippen LogP contribution in [0.2, 0.25) is 0 Å². The maximum Gasteiger partial charge on any atom is 0.0419 e. The highest BCUT2D eigenvalue weighted by Gasteiger charge is 2.38. The zero-order chi connectivity index (χ0) is 14.4. The molecule has 0 radical (unpaired) electrons. The van der Waals surface area contributed by atoms with Gasteiger partial charge in [-0.2, -0.15) is 0 Å². The number of likely N-dealkylation sites (N-methyl/N-ethyl adjacent to an activating group) is 1. The van der Waals surface area contributed by atoms with Gasteiger partial charge in [0.05, 0.1) is 0 Å². The minimum atomic E-state index is 0.215. The van der Waals surface area contributed by atoms with Crippen LogP contribution in [0.1, 0.15) is 45.2 Å². The fraction of sp³-hybridized carbons (Fsp3) is 0.706. The SMILES string of the molecule is CCC(C)(C(Cc1ccccn1)NC)N1CCCCC1. The van der Waals surface area contributed by atoms with Crippen molar-refractivity contribution in [2.24, 2.45) is 0 Å². The smallest absolute Gasteiger partial charge is 0.0419 e. The van der Waals surface area contributed by atoms with Crippen LogP contribution in [0.25, 0.3) is 0 Å². The van der Waals surface area contributed by atoms with E-state index in [4.69, 9.17) is 0 Å². The van der Waals surface area contributed by atoms with Crippen LogP contribution in [0.4, 0.5) is 0 Å². The summed E-state index contributed by atoms with van der Waals surface area (Å²) in [6.07, 6.45) is 8.14. The Morgan fingerprint density at radius 3 is 2.60 bits per heavy atom. The summed E-state index contributed by atoms with van der Waals surface area (Å²) in [6.45, 7) is 7.22. The lowest BCUT2D eigenvalue weighted by Gasteiger charge is -2.48. The predicted octanol–water partition coefficient (Wildman–Crippen LogP) is 2.87. The molecule has 0 spiro atoms. The molecule has 2 atom stereocenters. The van der Waals surface area contributed by atoms with Crippen molar-refractivity contribution < 1.29 is 0 Å². The zero-order valence-electron chi connectivity index (χ0n) is 13.2. The maximum atomic E-state index is 4.50. The van der Waals surface area contributed by atoms with Crippen molar-refractivity contribution in [1.82, 2.24) is 15.2 Å². The van der Waals surface area contributed by atoms with Gasteiger partial charge in [-0.15, -0.1) is 0 Å². The number of rotatable bonds is 6. The number of nitrogens with one attached hydrogen (secondary N) is 1. The van der Waals surface area contributed by atoms with Gasteiger partial charge in [0.2, 0.25) is 0 Å². The van der Waals surface area contributed by atoms with E-state index in [1.165, 1.54) is 44.5 Å². The minimum Gasteiger partial charge on any atom is -0.315 e. The van der Waals surface area contributed by atoms with Crippen molar-refractivity contribution in [2.75, 3.05) is 20.1 Å². The van der Waals surface area contributed by atoms with E-state index in [0.29, 0.717) is 6.04 Å². The Kier molecular flexibility index (Phi) is 5.55. The van der Waals surface area contributed by atoms with Gasteiger partial charge in [0.25, 0.3) is 0 Å². The Hall–Kier alpha value is -0.930. The van der Waals surface area contributed by atoms with Gasteiger partial charge < -0.3 is 5.32 Å². The number of likely N-dealkylation sites (tertiary alicyclic amines) is 1. The molecule has 1 aliphatic heterocycles. The normalized spacial score (nSPS) is 21.4. The lowest BCUT2D eigenvalue weighted by molar-refractivity contribution is 0.0450. The van der Waals surface area contributed by atoms with Crippen molar-refractivity contribution in [3.63, 3.8) is 0 Å². The first-order chi connectivity index (χ1) is 9.70. The van der Waals surface area contributed by atoms with Crippen LogP contribution >= 0.6 is 0 Å². The first-order valence-electron chi connectivity index (χ1n) is 8.03. The zero-order valence-corrected chi connectivity index (χ0v) is 13.2. The second-order valence-electron chi connectivity index (χ2n) is 6.12. The molecule has 1 aromatic heterocycles. The second-order valence-corrected chi connectivity index (χ2v) is 6.12. The number of hydrogen-bond acceptors (Lipinski definition) is 3. The van der Waals surface area contributed by atoms with Gasteiger partial charge in [-0.25, -0.2) is 0 Å². The monoisotopic (exact) mass is 275 g/mol. The summed E-state index contributed by atoms with van der Waals surface area (Å²) in [6, 6.07) is 6.65. The molecular weight excluding hydrogens is 246 g/mol. The van der Waals surface area contributed by atoms with E-state index in [1.807, 2.05) is 12.3 Å². The summed E-state index contributed by atoms with van der Waals surface area (Å²) < 4.78 is 0. The predicted molar refractivity (Wildman–Crippen MR) is 84.9 cm³/mol. The topological polar surface area (TPSA) is 28.2 Å². The molecule has 20 heavy (non-hydrogen) atoms. The van der Waals surface area contributed by atoms with Gasteiger partial charge in [-0.1, -0.05) is 19.4 Å². The van der Waals surface area contributed by atoms with E-state index in [-0.39, 0.29) is 5.54 Å². The van der Waals surface area contributed by atoms with Crippen molar-refractivity contribution in [2.45, 2.75) is 57.5 Å². The molecule has 1 saturated heterocycles.